The van der Waals surface area contributed by atoms with E-state index in [1.165, 1.54) is 11.3 Å². The van der Waals surface area contributed by atoms with Crippen LogP contribution in [0.15, 0.2) is 36.7 Å². The minimum absolute atomic E-state index is 0.147. The van der Waals surface area contributed by atoms with Gasteiger partial charge >= 0.3 is 0 Å². The smallest absolute Gasteiger partial charge is 0.253 e. The lowest BCUT2D eigenvalue weighted by atomic mass is 9.76. The number of nitrogens with zero attached hydrogens (tertiary/aromatic N) is 4. The first-order chi connectivity index (χ1) is 12.9. The lowest BCUT2D eigenvalue weighted by Gasteiger charge is -2.38. The van der Waals surface area contributed by atoms with Crippen molar-refractivity contribution in [2.45, 2.75) is 24.9 Å². The van der Waals surface area contributed by atoms with Gasteiger partial charge in [-0.2, -0.15) is 5.10 Å². The van der Waals surface area contributed by atoms with Crippen molar-refractivity contribution in [3.05, 3.63) is 41.5 Å². The van der Waals surface area contributed by atoms with Crippen LogP contribution in [0.2, 0.25) is 0 Å². The average Bonchev–Trinajstić information content (AvgIpc) is 3.21. The molecule has 1 N–H and O–H groups in total. The zero-order valence-electron chi connectivity index (χ0n) is 14.4. The molecule has 4 aromatic rings. The molecule has 0 bridgehead atoms. The summed E-state index contributed by atoms with van der Waals surface area (Å²) in [7, 11) is 1.84. The maximum atomic E-state index is 13.6. The third kappa shape index (κ3) is 2.71. The van der Waals surface area contributed by atoms with Gasteiger partial charge in [-0.1, -0.05) is 0 Å². The maximum absolute atomic E-state index is 13.6. The summed E-state index contributed by atoms with van der Waals surface area (Å²) < 4.78 is 29.0. The normalized spacial score (nSPS) is 20.1. The van der Waals surface area contributed by atoms with Crippen molar-refractivity contribution in [1.82, 2.24) is 19.7 Å². The van der Waals surface area contributed by atoms with Crippen LogP contribution >= 0.6 is 11.3 Å². The fourth-order valence-electron chi connectivity index (χ4n) is 3.53. The molecule has 5 rings (SSSR count). The Labute approximate surface area is 157 Å². The largest absolute Gasteiger partial charge is 0.387 e. The molecule has 0 radical (unpaired) electrons. The Hall–Kier alpha value is -2.45. The van der Waals surface area contributed by atoms with Crippen LogP contribution < -0.4 is 0 Å². The Bertz CT molecular complexity index is 1170. The quantitative estimate of drug-likeness (QED) is 0.569. The summed E-state index contributed by atoms with van der Waals surface area (Å²) in [5.74, 6) is -3.78. The lowest BCUT2D eigenvalue weighted by Crippen LogP contribution is -2.42. The Morgan fingerprint density at radius 3 is 2.89 bits per heavy atom. The van der Waals surface area contributed by atoms with E-state index in [1.807, 2.05) is 31.4 Å². The first-order valence-electron chi connectivity index (χ1n) is 8.67. The number of hydrogen-bond acceptors (Lipinski definition) is 5. The summed E-state index contributed by atoms with van der Waals surface area (Å²) in [6, 6.07) is 7.51. The second kappa shape index (κ2) is 5.77. The number of aryl methyl sites for hydroxylation is 1. The molecule has 0 unspecified atom stereocenters. The van der Waals surface area contributed by atoms with Crippen molar-refractivity contribution >= 4 is 32.6 Å². The third-order valence-electron chi connectivity index (χ3n) is 5.18. The van der Waals surface area contributed by atoms with E-state index >= 15 is 0 Å². The van der Waals surface area contributed by atoms with Crippen LogP contribution in [0.4, 0.5) is 8.78 Å². The fraction of sp³-hybridized carbons (Fsp3) is 0.316. The predicted octanol–water partition coefficient (Wildman–Crippen LogP) is 4.32. The monoisotopic (exact) mass is 386 g/mol. The first kappa shape index (κ1) is 16.7. The van der Waals surface area contributed by atoms with Gasteiger partial charge < -0.3 is 5.11 Å². The van der Waals surface area contributed by atoms with Gasteiger partial charge in [-0.05, 0) is 30.7 Å². The Morgan fingerprint density at radius 2 is 2.15 bits per heavy atom. The number of aliphatic hydroxyl groups excluding tert-OH is 1. The summed E-state index contributed by atoms with van der Waals surface area (Å²) in [4.78, 5) is 10.3. The molecule has 8 heteroatoms. The number of thiophene rings is 1. The molecule has 27 heavy (non-hydrogen) atoms. The van der Waals surface area contributed by atoms with Crippen molar-refractivity contribution < 1.29 is 13.9 Å². The fourth-order valence-corrected chi connectivity index (χ4v) is 4.62. The van der Waals surface area contributed by atoms with E-state index in [1.54, 1.807) is 16.9 Å². The van der Waals surface area contributed by atoms with Crippen LogP contribution in [-0.2, 0) is 7.05 Å². The van der Waals surface area contributed by atoms with Crippen LogP contribution in [0.3, 0.4) is 0 Å². The van der Waals surface area contributed by atoms with E-state index in [0.29, 0.717) is 16.9 Å². The molecule has 2 atom stereocenters. The van der Waals surface area contributed by atoms with Gasteiger partial charge in [-0.3, -0.25) is 4.68 Å². The SMILES string of the molecule is Cn1cc2cc(-c3ccc4cc([C@H](O)[C@@H]5CCC5(F)F)sc4n3)cnc2n1. The standard InChI is InChI=1S/C19H16F2N4OS/c1-25-9-12-6-11(8-22-17(12)24-25)14-3-2-10-7-15(27-18(10)23-14)16(26)13-4-5-19(13,20)21/h2-3,6-9,13,16,26H,4-5H2,1H3/t13-,16+/m0/s1. The molecule has 5 nitrogen and oxygen atoms in total. The summed E-state index contributed by atoms with van der Waals surface area (Å²) in [6.45, 7) is 0. The summed E-state index contributed by atoms with van der Waals surface area (Å²) >= 11 is 1.27. The van der Waals surface area contributed by atoms with Gasteiger partial charge in [0, 0.05) is 47.1 Å². The number of alkyl halides is 2. The number of aliphatic hydroxyl groups is 1. The molecule has 1 aliphatic rings. The molecule has 0 aromatic carbocycles. The number of pyridine rings is 2. The van der Waals surface area contributed by atoms with Gasteiger partial charge in [0.2, 0.25) is 0 Å². The average molecular weight is 386 g/mol. The topological polar surface area (TPSA) is 63.8 Å². The molecule has 1 aliphatic carbocycles. The highest BCUT2D eigenvalue weighted by atomic mass is 32.1. The van der Waals surface area contributed by atoms with E-state index in [-0.39, 0.29) is 6.42 Å². The minimum Gasteiger partial charge on any atom is -0.387 e. The third-order valence-corrected chi connectivity index (χ3v) is 6.29. The summed E-state index contributed by atoms with van der Waals surface area (Å²) in [5.41, 5.74) is 2.28. The number of fused-ring (bicyclic) bond motifs is 2. The van der Waals surface area contributed by atoms with Gasteiger partial charge in [-0.25, -0.2) is 18.7 Å². The van der Waals surface area contributed by atoms with Crippen LogP contribution in [0.1, 0.15) is 23.8 Å². The molecule has 4 heterocycles. The number of hydrogen-bond donors (Lipinski definition) is 1. The highest BCUT2D eigenvalue weighted by molar-refractivity contribution is 7.18. The van der Waals surface area contributed by atoms with E-state index in [4.69, 9.17) is 0 Å². The van der Waals surface area contributed by atoms with Crippen LogP contribution in [0, 0.1) is 5.92 Å². The van der Waals surface area contributed by atoms with Crippen LogP contribution in [0.5, 0.6) is 0 Å². The summed E-state index contributed by atoms with van der Waals surface area (Å²) in [5, 5.41) is 16.4. The van der Waals surface area contributed by atoms with Crippen molar-refractivity contribution in [2.24, 2.45) is 13.0 Å². The molecular formula is C19H16F2N4OS. The number of aromatic nitrogens is 4. The minimum atomic E-state index is -2.78. The zero-order chi connectivity index (χ0) is 18.8. The molecule has 1 fully saturated rings. The van der Waals surface area contributed by atoms with E-state index < -0.39 is 17.9 Å². The van der Waals surface area contributed by atoms with E-state index in [9.17, 15) is 13.9 Å². The van der Waals surface area contributed by atoms with Crippen LogP contribution in [-0.4, -0.2) is 30.8 Å². The lowest BCUT2D eigenvalue weighted by molar-refractivity contribution is -0.172. The zero-order valence-corrected chi connectivity index (χ0v) is 15.2. The van der Waals surface area contributed by atoms with Gasteiger partial charge in [0.05, 0.1) is 17.7 Å². The first-order valence-corrected chi connectivity index (χ1v) is 9.48. The van der Waals surface area contributed by atoms with Crippen molar-refractivity contribution in [3.8, 4) is 11.3 Å². The van der Waals surface area contributed by atoms with Crippen LogP contribution in [0.25, 0.3) is 32.5 Å². The Kier molecular flexibility index (Phi) is 3.57. The number of halogens is 2. The number of rotatable bonds is 3. The second-order valence-corrected chi connectivity index (χ2v) is 8.09. The molecule has 138 valence electrons. The van der Waals surface area contributed by atoms with Gasteiger partial charge in [0.25, 0.3) is 5.92 Å². The highest BCUT2D eigenvalue weighted by Gasteiger charge is 2.52. The molecule has 1 saturated carbocycles. The Morgan fingerprint density at radius 1 is 1.30 bits per heavy atom. The summed E-state index contributed by atoms with van der Waals surface area (Å²) in [6.07, 6.45) is 2.67. The van der Waals surface area contributed by atoms with Crippen molar-refractivity contribution in [1.29, 1.82) is 0 Å². The predicted molar refractivity (Wildman–Crippen MR) is 99.8 cm³/mol. The van der Waals surface area contributed by atoms with Crippen molar-refractivity contribution in [3.63, 3.8) is 0 Å². The van der Waals surface area contributed by atoms with Crippen molar-refractivity contribution in [2.75, 3.05) is 0 Å². The molecule has 0 spiro atoms. The Balaban J connectivity index is 1.51. The highest BCUT2D eigenvalue weighted by Crippen LogP contribution is 2.51. The van der Waals surface area contributed by atoms with Gasteiger partial charge in [-0.15, -0.1) is 11.3 Å². The molecule has 0 saturated heterocycles. The second-order valence-electron chi connectivity index (χ2n) is 7.03. The molecule has 4 aromatic heterocycles. The van der Waals surface area contributed by atoms with E-state index in [0.717, 1.165) is 26.9 Å². The maximum Gasteiger partial charge on any atom is 0.253 e. The molecular weight excluding hydrogens is 370 g/mol. The van der Waals surface area contributed by atoms with Gasteiger partial charge in [0.15, 0.2) is 5.65 Å². The molecule has 0 amide bonds. The van der Waals surface area contributed by atoms with Gasteiger partial charge in [0.1, 0.15) is 4.83 Å². The van der Waals surface area contributed by atoms with E-state index in [2.05, 4.69) is 15.1 Å². The molecule has 0 aliphatic heterocycles.